The van der Waals surface area contributed by atoms with Gasteiger partial charge < -0.3 is 5.73 Å². The van der Waals surface area contributed by atoms with Crippen LogP contribution in [0.2, 0.25) is 0 Å². The van der Waals surface area contributed by atoms with E-state index in [1.165, 1.54) is 18.3 Å². The van der Waals surface area contributed by atoms with Crippen molar-refractivity contribution in [1.29, 1.82) is 0 Å². The molecule has 1 fully saturated rings. The molecular weight excluding hydrogens is 238 g/mol. The largest absolute Gasteiger partial charge is 0.384 e. The van der Waals surface area contributed by atoms with Crippen LogP contribution in [-0.4, -0.2) is 19.4 Å². The van der Waals surface area contributed by atoms with Gasteiger partial charge in [-0.05, 0) is 24.8 Å². The monoisotopic (exact) mass is 255 g/mol. The first-order valence-corrected chi connectivity index (χ1v) is 7.25. The van der Waals surface area contributed by atoms with E-state index in [1.54, 1.807) is 0 Å². The summed E-state index contributed by atoms with van der Waals surface area (Å²) in [7, 11) is -3.44. The van der Waals surface area contributed by atoms with Crippen LogP contribution in [0.1, 0.15) is 26.2 Å². The molecule has 5 nitrogen and oxygen atoms in total. The first kappa shape index (κ1) is 12.3. The second-order valence-electron chi connectivity index (χ2n) is 4.43. The molecule has 3 N–H and O–H groups in total. The van der Waals surface area contributed by atoms with Gasteiger partial charge in [0, 0.05) is 18.3 Å². The van der Waals surface area contributed by atoms with Crippen LogP contribution in [0.5, 0.6) is 0 Å². The Bertz CT molecular complexity index is 501. The predicted molar refractivity (Wildman–Crippen MR) is 65.8 cm³/mol. The normalized spacial score (nSPS) is 23.6. The number of hydrogen-bond donors (Lipinski definition) is 2. The first-order valence-electron chi connectivity index (χ1n) is 5.77. The summed E-state index contributed by atoms with van der Waals surface area (Å²) in [6.45, 7) is 2.10. The van der Waals surface area contributed by atoms with Crippen molar-refractivity contribution < 1.29 is 8.42 Å². The SMILES string of the molecule is CCCC1CC1NS(=O)(=O)c1ccnc(N)c1. The van der Waals surface area contributed by atoms with Crippen LogP contribution in [0.4, 0.5) is 5.82 Å². The van der Waals surface area contributed by atoms with Crippen LogP contribution in [-0.2, 0) is 10.0 Å². The maximum absolute atomic E-state index is 12.0. The van der Waals surface area contributed by atoms with Crippen molar-refractivity contribution in [3.63, 3.8) is 0 Å². The lowest BCUT2D eigenvalue weighted by molar-refractivity contribution is 0.573. The lowest BCUT2D eigenvalue weighted by Gasteiger charge is -2.06. The van der Waals surface area contributed by atoms with Gasteiger partial charge in [0.2, 0.25) is 10.0 Å². The van der Waals surface area contributed by atoms with Crippen molar-refractivity contribution in [2.24, 2.45) is 5.92 Å². The Kier molecular flexibility index (Phi) is 3.35. The van der Waals surface area contributed by atoms with Gasteiger partial charge >= 0.3 is 0 Å². The molecule has 2 atom stereocenters. The van der Waals surface area contributed by atoms with Crippen LogP contribution in [0.25, 0.3) is 0 Å². The highest BCUT2D eigenvalue weighted by Gasteiger charge is 2.39. The summed E-state index contributed by atoms with van der Waals surface area (Å²) >= 11 is 0. The highest BCUT2D eigenvalue weighted by atomic mass is 32.2. The number of nitrogens with zero attached hydrogens (tertiary/aromatic N) is 1. The molecule has 0 radical (unpaired) electrons. The summed E-state index contributed by atoms with van der Waals surface area (Å²) in [6.07, 6.45) is 4.50. The molecule has 1 aliphatic rings. The molecule has 0 aliphatic heterocycles. The van der Waals surface area contributed by atoms with Crippen molar-refractivity contribution in [3.05, 3.63) is 18.3 Å². The van der Waals surface area contributed by atoms with Crippen LogP contribution >= 0.6 is 0 Å². The number of nitrogens with two attached hydrogens (primary N) is 1. The zero-order valence-electron chi connectivity index (χ0n) is 9.76. The Morgan fingerprint density at radius 1 is 1.59 bits per heavy atom. The summed E-state index contributed by atoms with van der Waals surface area (Å²) < 4.78 is 26.7. The highest BCUT2D eigenvalue weighted by molar-refractivity contribution is 7.89. The molecule has 0 spiro atoms. The molecule has 1 heterocycles. The molecule has 17 heavy (non-hydrogen) atoms. The van der Waals surface area contributed by atoms with Crippen molar-refractivity contribution in [3.8, 4) is 0 Å². The third-order valence-electron chi connectivity index (χ3n) is 2.95. The smallest absolute Gasteiger partial charge is 0.241 e. The summed E-state index contributed by atoms with van der Waals surface area (Å²) in [4.78, 5) is 3.97. The van der Waals surface area contributed by atoms with E-state index in [2.05, 4.69) is 16.6 Å². The van der Waals surface area contributed by atoms with E-state index in [1.807, 2.05) is 0 Å². The van der Waals surface area contributed by atoms with E-state index in [-0.39, 0.29) is 16.8 Å². The van der Waals surface area contributed by atoms with Gasteiger partial charge in [0.1, 0.15) is 5.82 Å². The third-order valence-corrected chi connectivity index (χ3v) is 4.44. The molecule has 0 aromatic carbocycles. The minimum Gasteiger partial charge on any atom is -0.384 e. The average molecular weight is 255 g/mol. The number of sulfonamides is 1. The molecule has 0 bridgehead atoms. The fraction of sp³-hybridized carbons (Fsp3) is 0.545. The van der Waals surface area contributed by atoms with Gasteiger partial charge in [-0.3, -0.25) is 0 Å². The van der Waals surface area contributed by atoms with Crippen LogP contribution < -0.4 is 10.5 Å². The van der Waals surface area contributed by atoms with E-state index in [0.717, 1.165) is 19.3 Å². The van der Waals surface area contributed by atoms with Crippen molar-refractivity contribution >= 4 is 15.8 Å². The molecule has 94 valence electrons. The zero-order chi connectivity index (χ0) is 12.5. The third kappa shape index (κ3) is 2.95. The molecule has 1 aliphatic carbocycles. The molecule has 1 aromatic rings. The number of nitrogens with one attached hydrogen (secondary N) is 1. The van der Waals surface area contributed by atoms with E-state index < -0.39 is 10.0 Å². The van der Waals surface area contributed by atoms with Crippen LogP contribution in [0.3, 0.4) is 0 Å². The highest BCUT2D eigenvalue weighted by Crippen LogP contribution is 2.35. The summed E-state index contributed by atoms with van der Waals surface area (Å²) in [5.74, 6) is 0.711. The minimum absolute atomic E-state index is 0.0920. The van der Waals surface area contributed by atoms with Crippen LogP contribution in [0.15, 0.2) is 23.2 Å². The van der Waals surface area contributed by atoms with Gasteiger partial charge in [-0.15, -0.1) is 0 Å². The quantitative estimate of drug-likeness (QED) is 0.826. The van der Waals surface area contributed by atoms with Crippen molar-refractivity contribution in [1.82, 2.24) is 9.71 Å². The zero-order valence-corrected chi connectivity index (χ0v) is 10.6. The number of rotatable bonds is 5. The molecule has 0 amide bonds. The number of anilines is 1. The van der Waals surface area contributed by atoms with Crippen LogP contribution in [0, 0.1) is 5.92 Å². The summed E-state index contributed by atoms with van der Waals surface area (Å²) in [6, 6.07) is 2.92. The Morgan fingerprint density at radius 3 is 3.00 bits per heavy atom. The Labute approximate surface area is 101 Å². The fourth-order valence-corrected chi connectivity index (χ4v) is 3.28. The average Bonchev–Trinajstić information content (AvgIpc) is 2.96. The number of nitrogen functional groups attached to an aromatic ring is 1. The van der Waals surface area contributed by atoms with E-state index in [0.29, 0.717) is 5.92 Å². The predicted octanol–water partition coefficient (Wildman–Crippen LogP) is 1.13. The Balaban J connectivity index is 2.05. The second kappa shape index (κ2) is 4.62. The van der Waals surface area contributed by atoms with Gasteiger partial charge in [0.25, 0.3) is 0 Å². The molecule has 2 rings (SSSR count). The van der Waals surface area contributed by atoms with Crippen molar-refractivity contribution in [2.75, 3.05) is 5.73 Å². The van der Waals surface area contributed by atoms with Gasteiger partial charge in [-0.2, -0.15) is 0 Å². The lowest BCUT2D eigenvalue weighted by atomic mass is 10.2. The number of pyridine rings is 1. The Hall–Kier alpha value is -1.14. The molecule has 1 saturated carbocycles. The van der Waals surface area contributed by atoms with Gasteiger partial charge in [-0.1, -0.05) is 13.3 Å². The summed E-state index contributed by atoms with van der Waals surface area (Å²) in [5.41, 5.74) is 5.47. The maximum Gasteiger partial charge on any atom is 0.241 e. The lowest BCUT2D eigenvalue weighted by Crippen LogP contribution is -2.27. The van der Waals surface area contributed by atoms with E-state index in [4.69, 9.17) is 5.73 Å². The molecule has 1 aromatic heterocycles. The van der Waals surface area contributed by atoms with E-state index >= 15 is 0 Å². The number of hydrogen-bond acceptors (Lipinski definition) is 4. The van der Waals surface area contributed by atoms with Gasteiger partial charge in [-0.25, -0.2) is 18.1 Å². The van der Waals surface area contributed by atoms with E-state index in [9.17, 15) is 8.42 Å². The Morgan fingerprint density at radius 2 is 2.35 bits per heavy atom. The summed E-state index contributed by atoms with van der Waals surface area (Å²) in [5, 5.41) is 0. The van der Waals surface area contributed by atoms with Gasteiger partial charge in [0.05, 0.1) is 4.90 Å². The van der Waals surface area contributed by atoms with Gasteiger partial charge in [0.15, 0.2) is 0 Å². The fourth-order valence-electron chi connectivity index (χ4n) is 1.94. The van der Waals surface area contributed by atoms with Crippen molar-refractivity contribution in [2.45, 2.75) is 37.1 Å². The molecular formula is C11H17N3O2S. The topological polar surface area (TPSA) is 85.1 Å². The number of aromatic nitrogens is 1. The first-order chi connectivity index (χ1) is 8.03. The minimum atomic E-state index is -3.44. The molecule has 2 unspecified atom stereocenters. The molecule has 6 heteroatoms. The standard InChI is InChI=1S/C11H17N3O2S/c1-2-3-8-6-10(8)14-17(15,16)9-4-5-13-11(12)7-9/h4-5,7-8,10,14H,2-3,6H2,1H3,(H2,12,13). The molecule has 0 saturated heterocycles. The maximum atomic E-state index is 12.0. The second-order valence-corrected chi connectivity index (χ2v) is 6.14.